The zero-order valence-electron chi connectivity index (χ0n) is 8.96. The van der Waals surface area contributed by atoms with E-state index in [2.05, 4.69) is 15.9 Å². The van der Waals surface area contributed by atoms with Crippen molar-refractivity contribution in [2.45, 2.75) is 39.2 Å². The van der Waals surface area contributed by atoms with Crippen LogP contribution in [0.15, 0.2) is 10.6 Å². The first-order valence-corrected chi connectivity index (χ1v) is 5.92. The molecule has 1 aliphatic rings. The van der Waals surface area contributed by atoms with Crippen molar-refractivity contribution in [1.29, 1.82) is 0 Å². The van der Waals surface area contributed by atoms with Crippen molar-refractivity contribution >= 4 is 27.7 Å². The van der Waals surface area contributed by atoms with Crippen LogP contribution < -0.4 is 0 Å². The van der Waals surface area contributed by atoms with Crippen molar-refractivity contribution in [2.75, 3.05) is 0 Å². The van der Waals surface area contributed by atoms with Crippen LogP contribution in [0, 0.1) is 5.92 Å². The fourth-order valence-electron chi connectivity index (χ4n) is 1.40. The number of carbonyl (C=O) groups excluding carboxylic acids is 2. The van der Waals surface area contributed by atoms with Gasteiger partial charge in [-0.25, -0.2) is 0 Å². The lowest BCUT2D eigenvalue weighted by molar-refractivity contribution is -0.149. The highest BCUT2D eigenvalue weighted by atomic mass is 79.9. The normalized spacial score (nSPS) is 22.5. The molecule has 0 radical (unpaired) electrons. The number of hydrogen-bond acceptors (Lipinski definition) is 3. The van der Waals surface area contributed by atoms with E-state index < -0.39 is 0 Å². The molecule has 0 bridgehead atoms. The Morgan fingerprint density at radius 1 is 1.73 bits per heavy atom. The Morgan fingerprint density at radius 3 is 2.87 bits per heavy atom. The molecular formula is C11H15BrO3. The van der Waals surface area contributed by atoms with Gasteiger partial charge in [0.2, 0.25) is 0 Å². The van der Waals surface area contributed by atoms with Gasteiger partial charge in [-0.3, -0.25) is 9.59 Å². The maximum atomic E-state index is 11.4. The summed E-state index contributed by atoms with van der Waals surface area (Å²) >= 11 is 3.16. The van der Waals surface area contributed by atoms with Crippen LogP contribution >= 0.6 is 15.9 Å². The fourth-order valence-corrected chi connectivity index (χ4v) is 1.93. The number of allylic oxidation sites excluding steroid dienone is 2. The predicted molar refractivity (Wildman–Crippen MR) is 60.6 cm³/mol. The number of halogens is 1. The van der Waals surface area contributed by atoms with Crippen molar-refractivity contribution in [3.63, 3.8) is 0 Å². The van der Waals surface area contributed by atoms with Gasteiger partial charge in [-0.05, 0) is 35.2 Å². The van der Waals surface area contributed by atoms with E-state index in [0.29, 0.717) is 17.3 Å². The maximum absolute atomic E-state index is 11.4. The molecule has 2 unspecified atom stereocenters. The van der Waals surface area contributed by atoms with Crippen LogP contribution in [0.1, 0.15) is 33.1 Å². The minimum Gasteiger partial charge on any atom is -0.463 e. The van der Waals surface area contributed by atoms with Gasteiger partial charge in [0, 0.05) is 6.42 Å². The summed E-state index contributed by atoms with van der Waals surface area (Å²) in [6, 6.07) is 0. The molecule has 0 aliphatic heterocycles. The minimum absolute atomic E-state index is 0.00318. The Kier molecular flexibility index (Phi) is 4.51. The molecule has 2 atom stereocenters. The topological polar surface area (TPSA) is 43.4 Å². The number of ether oxygens (including phenoxy) is 1. The zero-order valence-corrected chi connectivity index (χ0v) is 10.5. The predicted octanol–water partition coefficient (Wildman–Crippen LogP) is 2.59. The molecule has 0 aromatic rings. The average molecular weight is 275 g/mol. The lowest BCUT2D eigenvalue weighted by Crippen LogP contribution is -2.16. The molecule has 3 nitrogen and oxygen atoms in total. The third-order valence-electron chi connectivity index (χ3n) is 2.43. The van der Waals surface area contributed by atoms with Crippen LogP contribution in [0.4, 0.5) is 0 Å². The first-order chi connectivity index (χ1) is 7.02. The fraction of sp³-hybridized carbons (Fsp3) is 0.636. The van der Waals surface area contributed by atoms with E-state index in [1.165, 1.54) is 0 Å². The second kappa shape index (κ2) is 5.45. The molecule has 0 saturated heterocycles. The third-order valence-corrected chi connectivity index (χ3v) is 3.14. The molecule has 84 valence electrons. The van der Waals surface area contributed by atoms with Gasteiger partial charge in [0.25, 0.3) is 0 Å². The van der Waals surface area contributed by atoms with Gasteiger partial charge >= 0.3 is 5.97 Å². The summed E-state index contributed by atoms with van der Waals surface area (Å²) in [6.45, 7) is 3.83. The molecule has 0 heterocycles. The first kappa shape index (κ1) is 12.4. The number of esters is 1. The molecule has 0 N–H and O–H groups in total. The molecule has 0 spiro atoms. The Bertz CT molecular complexity index is 296. The van der Waals surface area contributed by atoms with Gasteiger partial charge in [-0.15, -0.1) is 0 Å². The summed E-state index contributed by atoms with van der Waals surface area (Å²) in [6.07, 6.45) is 3.28. The van der Waals surface area contributed by atoms with E-state index in [9.17, 15) is 9.59 Å². The number of Topliss-reactive ketones (excluding diaryl/α,β-unsaturated/α-hetero) is 1. The second-order valence-electron chi connectivity index (χ2n) is 3.81. The van der Waals surface area contributed by atoms with Gasteiger partial charge in [0.15, 0.2) is 5.78 Å². The minimum atomic E-state index is -0.222. The number of carbonyl (C=O) groups is 2. The van der Waals surface area contributed by atoms with Gasteiger partial charge in [-0.2, -0.15) is 0 Å². The molecule has 4 heteroatoms. The van der Waals surface area contributed by atoms with Crippen LogP contribution in [0.3, 0.4) is 0 Å². The van der Waals surface area contributed by atoms with Crippen LogP contribution in [0.25, 0.3) is 0 Å². The molecule has 0 aromatic carbocycles. The molecule has 0 saturated carbocycles. The van der Waals surface area contributed by atoms with Gasteiger partial charge in [-0.1, -0.05) is 13.0 Å². The largest absolute Gasteiger partial charge is 0.463 e. The van der Waals surface area contributed by atoms with Gasteiger partial charge < -0.3 is 4.74 Å². The summed E-state index contributed by atoms with van der Waals surface area (Å²) < 4.78 is 5.72. The summed E-state index contributed by atoms with van der Waals surface area (Å²) in [4.78, 5) is 22.6. The Balaban J connectivity index is 2.37. The number of ketones is 1. The molecule has 0 fully saturated rings. The molecule has 15 heavy (non-hydrogen) atoms. The van der Waals surface area contributed by atoms with E-state index in [0.717, 1.165) is 6.42 Å². The van der Waals surface area contributed by atoms with Gasteiger partial charge in [0.1, 0.15) is 0 Å². The molecule has 0 aromatic heterocycles. The highest BCUT2D eigenvalue weighted by Gasteiger charge is 2.25. The second-order valence-corrected chi connectivity index (χ2v) is 4.67. The van der Waals surface area contributed by atoms with Crippen LogP contribution in [-0.4, -0.2) is 17.9 Å². The van der Waals surface area contributed by atoms with Crippen LogP contribution in [0.2, 0.25) is 0 Å². The smallest absolute Gasteiger partial charge is 0.306 e. The van der Waals surface area contributed by atoms with Crippen molar-refractivity contribution in [1.82, 2.24) is 0 Å². The van der Waals surface area contributed by atoms with E-state index in [1.54, 1.807) is 6.08 Å². The standard InChI is InChI=1S/C11H15BrO3/c1-3-7(2)15-11(14)6-8-4-9(12)10(13)5-8/h4,7-8H,3,5-6H2,1-2H3. The SMILES string of the molecule is CCC(C)OC(=O)CC1C=C(Br)C(=O)C1. The summed E-state index contributed by atoms with van der Waals surface area (Å²) in [5.74, 6) is -0.152. The summed E-state index contributed by atoms with van der Waals surface area (Å²) in [7, 11) is 0. The molecule has 0 amide bonds. The van der Waals surface area contributed by atoms with Gasteiger partial charge in [0.05, 0.1) is 17.0 Å². The first-order valence-electron chi connectivity index (χ1n) is 5.13. The van der Waals surface area contributed by atoms with Crippen molar-refractivity contribution in [2.24, 2.45) is 5.92 Å². The Morgan fingerprint density at radius 2 is 2.40 bits per heavy atom. The third kappa shape index (κ3) is 3.78. The lowest BCUT2D eigenvalue weighted by Gasteiger charge is -2.12. The van der Waals surface area contributed by atoms with Crippen molar-refractivity contribution in [3.8, 4) is 0 Å². The zero-order chi connectivity index (χ0) is 11.4. The number of hydrogen-bond donors (Lipinski definition) is 0. The monoisotopic (exact) mass is 274 g/mol. The lowest BCUT2D eigenvalue weighted by atomic mass is 10.1. The quantitative estimate of drug-likeness (QED) is 0.741. The molecule has 1 rings (SSSR count). The van der Waals surface area contributed by atoms with Crippen molar-refractivity contribution in [3.05, 3.63) is 10.6 Å². The van der Waals surface area contributed by atoms with Crippen LogP contribution in [0.5, 0.6) is 0 Å². The summed E-state index contributed by atoms with van der Waals surface area (Å²) in [5.41, 5.74) is 0. The maximum Gasteiger partial charge on any atom is 0.306 e. The van der Waals surface area contributed by atoms with E-state index in [4.69, 9.17) is 4.74 Å². The van der Waals surface area contributed by atoms with E-state index in [1.807, 2.05) is 13.8 Å². The van der Waals surface area contributed by atoms with Crippen LogP contribution in [-0.2, 0) is 14.3 Å². The Labute approximate surface area is 98.0 Å². The van der Waals surface area contributed by atoms with E-state index >= 15 is 0 Å². The highest BCUT2D eigenvalue weighted by molar-refractivity contribution is 9.12. The number of rotatable bonds is 4. The average Bonchev–Trinajstić information content (AvgIpc) is 2.45. The highest BCUT2D eigenvalue weighted by Crippen LogP contribution is 2.27. The Hall–Kier alpha value is -0.640. The molecule has 1 aliphatic carbocycles. The van der Waals surface area contributed by atoms with E-state index in [-0.39, 0.29) is 23.8 Å². The molecular weight excluding hydrogens is 260 g/mol. The van der Waals surface area contributed by atoms with Crippen molar-refractivity contribution < 1.29 is 14.3 Å². The summed E-state index contributed by atoms with van der Waals surface area (Å²) in [5, 5.41) is 0.